The fourth-order valence-electron chi connectivity index (χ4n) is 4.12. The van der Waals surface area contributed by atoms with Crippen LogP contribution in [0.1, 0.15) is 44.8 Å². The normalized spacial score (nSPS) is 32.5. The predicted octanol–water partition coefficient (Wildman–Crippen LogP) is 4.74. The van der Waals surface area contributed by atoms with Crippen molar-refractivity contribution in [2.45, 2.75) is 49.3 Å². The van der Waals surface area contributed by atoms with Gasteiger partial charge in [0.1, 0.15) is 0 Å². The van der Waals surface area contributed by atoms with E-state index in [2.05, 4.69) is 44.2 Å². The number of rotatable bonds is 5. The van der Waals surface area contributed by atoms with Gasteiger partial charge < -0.3 is 0 Å². The molecule has 0 spiro atoms. The average molecular weight is 337 g/mol. The molecule has 2 bridgehead atoms. The summed E-state index contributed by atoms with van der Waals surface area (Å²) in [4.78, 5) is 0.990. The van der Waals surface area contributed by atoms with Crippen LogP contribution in [-0.4, -0.2) is 22.1 Å². The SMILES string of the molecule is COC(C[Se][C@H]1CC[C@H]2C[C@@H]1C2(C)C)c1ccccc1. The Balaban J connectivity index is 1.59. The van der Waals surface area contributed by atoms with Crippen LogP contribution in [0.15, 0.2) is 30.3 Å². The van der Waals surface area contributed by atoms with E-state index in [0.29, 0.717) is 26.5 Å². The van der Waals surface area contributed by atoms with Crippen LogP contribution in [0.3, 0.4) is 0 Å². The van der Waals surface area contributed by atoms with Gasteiger partial charge in [-0.25, -0.2) is 0 Å². The Kier molecular flexibility index (Phi) is 4.26. The van der Waals surface area contributed by atoms with Crippen molar-refractivity contribution in [3.05, 3.63) is 35.9 Å². The Morgan fingerprint density at radius 3 is 2.60 bits per heavy atom. The van der Waals surface area contributed by atoms with Gasteiger partial charge in [0.2, 0.25) is 0 Å². The van der Waals surface area contributed by atoms with Gasteiger partial charge in [-0.05, 0) is 0 Å². The molecule has 0 amide bonds. The summed E-state index contributed by atoms with van der Waals surface area (Å²) >= 11 is 0.712. The Labute approximate surface area is 129 Å². The third-order valence-corrected chi connectivity index (χ3v) is 8.83. The van der Waals surface area contributed by atoms with Crippen LogP contribution in [-0.2, 0) is 4.74 Å². The van der Waals surface area contributed by atoms with Gasteiger partial charge in [-0.3, -0.25) is 0 Å². The molecule has 0 aromatic heterocycles. The molecule has 20 heavy (non-hydrogen) atoms. The molecule has 4 atom stereocenters. The van der Waals surface area contributed by atoms with Crippen LogP contribution in [0.2, 0.25) is 10.1 Å². The number of hydrogen-bond acceptors (Lipinski definition) is 1. The van der Waals surface area contributed by atoms with Crippen LogP contribution in [0.25, 0.3) is 0 Å². The summed E-state index contributed by atoms with van der Waals surface area (Å²) in [6.07, 6.45) is 4.75. The van der Waals surface area contributed by atoms with Crippen LogP contribution >= 0.6 is 0 Å². The van der Waals surface area contributed by atoms with Crippen molar-refractivity contribution in [3.63, 3.8) is 0 Å². The van der Waals surface area contributed by atoms with Crippen molar-refractivity contribution in [1.82, 2.24) is 0 Å². The molecular weight excluding hydrogens is 311 g/mol. The van der Waals surface area contributed by atoms with E-state index in [0.717, 1.165) is 16.7 Å². The molecule has 3 saturated carbocycles. The summed E-state index contributed by atoms with van der Waals surface area (Å²) in [7, 11) is 1.86. The summed E-state index contributed by atoms with van der Waals surface area (Å²) in [6.45, 7) is 5.00. The summed E-state index contributed by atoms with van der Waals surface area (Å²) in [6, 6.07) is 10.7. The number of ether oxygens (including phenoxy) is 1. The van der Waals surface area contributed by atoms with Crippen molar-refractivity contribution in [1.29, 1.82) is 0 Å². The number of benzene rings is 1. The second-order valence-electron chi connectivity index (χ2n) is 6.94. The Morgan fingerprint density at radius 1 is 1.25 bits per heavy atom. The van der Waals surface area contributed by atoms with E-state index in [1.54, 1.807) is 0 Å². The molecule has 2 heteroatoms. The molecule has 0 saturated heterocycles. The van der Waals surface area contributed by atoms with Crippen LogP contribution in [0.5, 0.6) is 0 Å². The van der Waals surface area contributed by atoms with E-state index in [4.69, 9.17) is 4.74 Å². The zero-order valence-corrected chi connectivity index (χ0v) is 14.6. The molecule has 0 heterocycles. The minimum atomic E-state index is 0.303. The van der Waals surface area contributed by atoms with Gasteiger partial charge in [0.05, 0.1) is 0 Å². The van der Waals surface area contributed by atoms with Crippen molar-refractivity contribution in [3.8, 4) is 0 Å². The molecule has 4 rings (SSSR count). The van der Waals surface area contributed by atoms with E-state index in [1.807, 2.05) is 7.11 Å². The van der Waals surface area contributed by atoms with E-state index < -0.39 is 0 Å². The fourth-order valence-corrected chi connectivity index (χ4v) is 7.79. The van der Waals surface area contributed by atoms with Crippen molar-refractivity contribution in [2.24, 2.45) is 17.3 Å². The first-order chi connectivity index (χ1) is 9.63. The second-order valence-corrected chi connectivity index (χ2v) is 9.61. The van der Waals surface area contributed by atoms with E-state index in [9.17, 15) is 0 Å². The molecule has 1 unspecified atom stereocenters. The maximum absolute atomic E-state index is 5.74. The van der Waals surface area contributed by atoms with Gasteiger partial charge in [-0.1, -0.05) is 0 Å². The molecule has 110 valence electrons. The van der Waals surface area contributed by atoms with Gasteiger partial charge in [-0.2, -0.15) is 0 Å². The van der Waals surface area contributed by atoms with Gasteiger partial charge in [0.25, 0.3) is 0 Å². The van der Waals surface area contributed by atoms with E-state index in [1.165, 1.54) is 30.1 Å². The van der Waals surface area contributed by atoms with Crippen LogP contribution < -0.4 is 0 Å². The molecule has 0 aliphatic heterocycles. The molecule has 1 nitrogen and oxygen atoms in total. The molecular formula is C18H26OSe. The minimum absolute atomic E-state index is 0.303. The Bertz CT molecular complexity index is 440. The van der Waals surface area contributed by atoms with E-state index >= 15 is 0 Å². The zero-order valence-electron chi connectivity index (χ0n) is 12.8. The van der Waals surface area contributed by atoms with Crippen molar-refractivity contribution < 1.29 is 4.74 Å². The Morgan fingerprint density at radius 2 is 2.00 bits per heavy atom. The molecule has 1 aromatic carbocycles. The summed E-state index contributed by atoms with van der Waals surface area (Å²) in [5, 5.41) is 1.23. The van der Waals surface area contributed by atoms with Gasteiger partial charge in [0.15, 0.2) is 0 Å². The topological polar surface area (TPSA) is 9.23 Å². The molecule has 0 radical (unpaired) electrons. The molecule has 3 aliphatic carbocycles. The third kappa shape index (κ3) is 2.58. The van der Waals surface area contributed by atoms with Gasteiger partial charge >= 0.3 is 129 Å². The van der Waals surface area contributed by atoms with Crippen molar-refractivity contribution >= 4 is 15.0 Å². The first-order valence-electron chi connectivity index (χ1n) is 7.82. The van der Waals surface area contributed by atoms with Crippen molar-refractivity contribution in [2.75, 3.05) is 7.11 Å². The summed E-state index contributed by atoms with van der Waals surface area (Å²) in [5.74, 6) is 2.02. The third-order valence-electron chi connectivity index (χ3n) is 5.71. The first-order valence-corrected chi connectivity index (χ1v) is 10.0. The molecule has 1 aromatic rings. The van der Waals surface area contributed by atoms with E-state index in [-0.39, 0.29) is 0 Å². The molecule has 0 N–H and O–H groups in total. The van der Waals surface area contributed by atoms with Gasteiger partial charge in [0, 0.05) is 0 Å². The first kappa shape index (κ1) is 14.6. The predicted molar refractivity (Wildman–Crippen MR) is 85.1 cm³/mol. The monoisotopic (exact) mass is 338 g/mol. The van der Waals surface area contributed by atoms with Gasteiger partial charge in [-0.15, -0.1) is 0 Å². The quantitative estimate of drug-likeness (QED) is 0.705. The zero-order chi connectivity index (χ0) is 14.2. The molecule has 3 fully saturated rings. The number of hydrogen-bond donors (Lipinski definition) is 0. The summed E-state index contributed by atoms with van der Waals surface area (Å²) in [5.41, 5.74) is 1.97. The number of fused-ring (bicyclic) bond motifs is 2. The second kappa shape index (κ2) is 5.83. The summed E-state index contributed by atoms with van der Waals surface area (Å²) < 4.78 is 5.74. The fraction of sp³-hybridized carbons (Fsp3) is 0.667. The average Bonchev–Trinajstić information content (AvgIpc) is 2.49. The number of methoxy groups -OCH3 is 1. The van der Waals surface area contributed by atoms with Crippen LogP contribution in [0, 0.1) is 17.3 Å². The Hall–Kier alpha value is -0.301. The van der Waals surface area contributed by atoms with Crippen LogP contribution in [0.4, 0.5) is 0 Å². The maximum atomic E-state index is 5.74. The standard InChI is InChI=1S/C18H26OSe/c1-18(2)14-9-10-17(15(18)11-14)20-12-16(19-3)13-7-5-4-6-8-13/h4-8,14-17H,9-12H2,1-3H3/t14-,15-,16?,17-/m0/s1. The molecule has 3 aliphatic rings.